The van der Waals surface area contributed by atoms with Gasteiger partial charge in [0.15, 0.2) is 15.6 Å². The number of rotatable bonds is 4. The maximum atomic E-state index is 13.5. The van der Waals surface area contributed by atoms with Gasteiger partial charge >= 0.3 is 0 Å². The van der Waals surface area contributed by atoms with E-state index in [9.17, 15) is 22.0 Å². The molecule has 0 unspecified atom stereocenters. The molecular weight excluding hydrogens is 298 g/mol. The smallest absolute Gasteiger partial charge is 0.188 e. The maximum Gasteiger partial charge on any atom is 0.188 e. The second kappa shape index (κ2) is 5.73. The van der Waals surface area contributed by atoms with Crippen LogP contribution in [0.5, 0.6) is 0 Å². The zero-order chi connectivity index (χ0) is 15.6. The number of aryl methyl sites for hydroxylation is 1. The number of benzene rings is 2. The molecule has 0 aliphatic carbocycles. The van der Waals surface area contributed by atoms with Crippen molar-refractivity contribution in [3.05, 3.63) is 65.2 Å². The molecule has 110 valence electrons. The standard InChI is InChI=1S/C15H12F2O3S/c1-10-2-4-11(5-3-10)14(18)9-21(19,20)15-8-12(16)6-7-13(15)17/h2-8H,9H2,1H3. The lowest BCUT2D eigenvalue weighted by molar-refractivity contribution is 0.102. The lowest BCUT2D eigenvalue weighted by Crippen LogP contribution is -2.17. The van der Waals surface area contributed by atoms with Crippen LogP contribution in [0.15, 0.2) is 47.4 Å². The lowest BCUT2D eigenvalue weighted by Gasteiger charge is -2.06. The molecule has 2 rings (SSSR count). The molecular formula is C15H12F2O3S. The molecule has 2 aromatic rings. The fourth-order valence-corrected chi connectivity index (χ4v) is 3.11. The highest BCUT2D eigenvalue weighted by molar-refractivity contribution is 7.92. The Labute approximate surface area is 121 Å². The Kier molecular flexibility index (Phi) is 4.18. The van der Waals surface area contributed by atoms with Gasteiger partial charge in [-0.3, -0.25) is 4.79 Å². The highest BCUT2D eigenvalue weighted by Crippen LogP contribution is 2.18. The van der Waals surface area contributed by atoms with E-state index in [2.05, 4.69) is 0 Å². The summed E-state index contributed by atoms with van der Waals surface area (Å²) >= 11 is 0. The van der Waals surface area contributed by atoms with Crippen LogP contribution in [-0.4, -0.2) is 20.0 Å². The molecule has 0 atom stereocenters. The summed E-state index contributed by atoms with van der Waals surface area (Å²) in [6.07, 6.45) is 0. The van der Waals surface area contributed by atoms with Gasteiger partial charge in [0.05, 0.1) is 0 Å². The predicted molar refractivity (Wildman–Crippen MR) is 73.9 cm³/mol. The third-order valence-corrected chi connectivity index (χ3v) is 4.55. The molecule has 0 saturated carbocycles. The van der Waals surface area contributed by atoms with E-state index in [1.807, 2.05) is 6.92 Å². The van der Waals surface area contributed by atoms with Gasteiger partial charge in [-0.1, -0.05) is 29.8 Å². The number of sulfone groups is 1. The molecule has 0 spiro atoms. The van der Waals surface area contributed by atoms with Crippen molar-refractivity contribution in [1.82, 2.24) is 0 Å². The fraction of sp³-hybridized carbons (Fsp3) is 0.133. The third-order valence-electron chi connectivity index (χ3n) is 2.92. The molecule has 6 heteroatoms. The van der Waals surface area contributed by atoms with Gasteiger partial charge in [0, 0.05) is 5.56 Å². The van der Waals surface area contributed by atoms with Gasteiger partial charge in [0.1, 0.15) is 22.3 Å². The zero-order valence-corrected chi connectivity index (χ0v) is 12.0. The molecule has 0 aromatic heterocycles. The van der Waals surface area contributed by atoms with Crippen LogP contribution in [0.25, 0.3) is 0 Å². The van der Waals surface area contributed by atoms with Gasteiger partial charge in [0.2, 0.25) is 0 Å². The Morgan fingerprint density at radius 1 is 1.05 bits per heavy atom. The second-order valence-electron chi connectivity index (χ2n) is 4.62. The van der Waals surface area contributed by atoms with Crippen molar-refractivity contribution in [3.8, 4) is 0 Å². The molecule has 0 bridgehead atoms. The number of carbonyl (C=O) groups excluding carboxylic acids is 1. The average Bonchev–Trinajstić information content (AvgIpc) is 2.41. The topological polar surface area (TPSA) is 51.2 Å². The average molecular weight is 310 g/mol. The van der Waals surface area contributed by atoms with E-state index in [0.29, 0.717) is 6.07 Å². The Morgan fingerprint density at radius 2 is 1.67 bits per heavy atom. The van der Waals surface area contributed by atoms with Crippen molar-refractivity contribution >= 4 is 15.6 Å². The van der Waals surface area contributed by atoms with Gasteiger partial charge < -0.3 is 0 Å². The normalized spacial score (nSPS) is 11.4. The van der Waals surface area contributed by atoms with Crippen molar-refractivity contribution in [2.45, 2.75) is 11.8 Å². The Hall–Kier alpha value is -2.08. The lowest BCUT2D eigenvalue weighted by atomic mass is 10.1. The van der Waals surface area contributed by atoms with E-state index in [1.165, 1.54) is 12.1 Å². The van der Waals surface area contributed by atoms with Crippen LogP contribution >= 0.6 is 0 Å². The summed E-state index contributed by atoms with van der Waals surface area (Å²) in [6, 6.07) is 8.44. The minimum atomic E-state index is -4.24. The molecule has 3 nitrogen and oxygen atoms in total. The van der Waals surface area contributed by atoms with E-state index in [4.69, 9.17) is 0 Å². The van der Waals surface area contributed by atoms with Crippen molar-refractivity contribution < 1.29 is 22.0 Å². The number of hydrogen-bond acceptors (Lipinski definition) is 3. The van der Waals surface area contributed by atoms with Crippen LogP contribution in [0.3, 0.4) is 0 Å². The molecule has 0 fully saturated rings. The fourth-order valence-electron chi connectivity index (χ4n) is 1.79. The number of ketones is 1. The largest absolute Gasteiger partial charge is 0.293 e. The highest BCUT2D eigenvalue weighted by Gasteiger charge is 2.24. The number of halogens is 2. The quantitative estimate of drug-likeness (QED) is 0.816. The van der Waals surface area contributed by atoms with Crippen LogP contribution in [0, 0.1) is 18.6 Å². The molecule has 21 heavy (non-hydrogen) atoms. The van der Waals surface area contributed by atoms with Crippen LogP contribution in [-0.2, 0) is 9.84 Å². The first-order valence-electron chi connectivity index (χ1n) is 6.07. The number of Topliss-reactive ketones (excluding diaryl/α,β-unsaturated/α-hetero) is 1. The first kappa shape index (κ1) is 15.3. The van der Waals surface area contributed by atoms with Gasteiger partial charge in [-0.2, -0.15) is 0 Å². The van der Waals surface area contributed by atoms with Crippen molar-refractivity contribution in [2.75, 3.05) is 5.75 Å². The zero-order valence-electron chi connectivity index (χ0n) is 11.1. The highest BCUT2D eigenvalue weighted by atomic mass is 32.2. The van der Waals surface area contributed by atoms with Crippen molar-refractivity contribution in [1.29, 1.82) is 0 Å². The van der Waals surface area contributed by atoms with Crippen molar-refractivity contribution in [2.24, 2.45) is 0 Å². The molecule has 0 radical (unpaired) electrons. The first-order valence-corrected chi connectivity index (χ1v) is 7.72. The third kappa shape index (κ3) is 3.52. The SMILES string of the molecule is Cc1ccc(C(=O)CS(=O)(=O)c2cc(F)ccc2F)cc1. The molecule has 0 aliphatic heterocycles. The Balaban J connectivity index is 2.31. The van der Waals surface area contributed by atoms with Gasteiger partial charge in [-0.25, -0.2) is 17.2 Å². The summed E-state index contributed by atoms with van der Waals surface area (Å²) < 4.78 is 50.6. The molecule has 0 aliphatic rings. The second-order valence-corrected chi connectivity index (χ2v) is 6.58. The summed E-state index contributed by atoms with van der Waals surface area (Å²) in [4.78, 5) is 11.1. The summed E-state index contributed by atoms with van der Waals surface area (Å²) in [7, 11) is -4.24. The first-order chi connectivity index (χ1) is 9.79. The van der Waals surface area contributed by atoms with Crippen molar-refractivity contribution in [3.63, 3.8) is 0 Å². The van der Waals surface area contributed by atoms with Crippen LogP contribution in [0.2, 0.25) is 0 Å². The van der Waals surface area contributed by atoms with Crippen LogP contribution < -0.4 is 0 Å². The summed E-state index contributed by atoms with van der Waals surface area (Å²) in [5.41, 5.74) is 1.13. The van der Waals surface area contributed by atoms with E-state index >= 15 is 0 Å². The number of hydrogen-bond donors (Lipinski definition) is 0. The van der Waals surface area contributed by atoms with Crippen LogP contribution in [0.1, 0.15) is 15.9 Å². The van der Waals surface area contributed by atoms with E-state index in [-0.39, 0.29) is 5.56 Å². The molecule has 0 saturated heterocycles. The van der Waals surface area contributed by atoms with Gasteiger partial charge in [0.25, 0.3) is 0 Å². The monoisotopic (exact) mass is 310 g/mol. The predicted octanol–water partition coefficient (Wildman–Crippen LogP) is 2.93. The molecule has 0 amide bonds. The summed E-state index contributed by atoms with van der Waals surface area (Å²) in [5, 5.41) is 0. The minimum Gasteiger partial charge on any atom is -0.293 e. The van der Waals surface area contributed by atoms with E-state index in [0.717, 1.165) is 17.7 Å². The van der Waals surface area contributed by atoms with E-state index in [1.54, 1.807) is 12.1 Å². The summed E-state index contributed by atoms with van der Waals surface area (Å²) in [6.45, 7) is 1.83. The summed E-state index contributed by atoms with van der Waals surface area (Å²) in [5.74, 6) is -3.53. The molecule has 0 N–H and O–H groups in total. The Bertz CT molecular complexity index is 781. The number of carbonyl (C=O) groups is 1. The molecule has 2 aromatic carbocycles. The Morgan fingerprint density at radius 3 is 2.29 bits per heavy atom. The van der Waals surface area contributed by atoms with E-state index < -0.39 is 37.9 Å². The van der Waals surface area contributed by atoms with Crippen LogP contribution in [0.4, 0.5) is 8.78 Å². The molecule has 0 heterocycles. The maximum absolute atomic E-state index is 13.5. The van der Waals surface area contributed by atoms with Gasteiger partial charge in [-0.05, 0) is 25.1 Å². The minimum absolute atomic E-state index is 0.209. The van der Waals surface area contributed by atoms with Gasteiger partial charge in [-0.15, -0.1) is 0 Å².